The molecule has 1 amide bonds. The van der Waals surface area contributed by atoms with Crippen LogP contribution in [0.3, 0.4) is 0 Å². The van der Waals surface area contributed by atoms with Gasteiger partial charge >= 0.3 is 0 Å². The van der Waals surface area contributed by atoms with Gasteiger partial charge in [-0.15, -0.1) is 0 Å². The maximum absolute atomic E-state index is 13.4. The number of likely N-dealkylation sites (tertiary alicyclic amines) is 1. The Morgan fingerprint density at radius 2 is 1.53 bits per heavy atom. The fraction of sp³-hybridized carbons (Fsp3) is 0.267. The van der Waals surface area contributed by atoms with Gasteiger partial charge in [0.2, 0.25) is 0 Å². The van der Waals surface area contributed by atoms with E-state index in [2.05, 4.69) is 0 Å². The van der Waals surface area contributed by atoms with Gasteiger partial charge in [0.05, 0.1) is 25.8 Å². The molecule has 3 aromatic carbocycles. The monoisotopic (exact) mass is 516 g/mol. The Balaban J connectivity index is 1.76. The van der Waals surface area contributed by atoms with Gasteiger partial charge in [-0.25, -0.2) is 0 Å². The number of carbonyl (C=O) groups is 2. The van der Waals surface area contributed by atoms with E-state index in [4.69, 9.17) is 14.2 Å². The fourth-order valence-corrected chi connectivity index (χ4v) is 4.47. The highest BCUT2D eigenvalue weighted by Gasteiger charge is 2.46. The molecule has 1 saturated heterocycles. The summed E-state index contributed by atoms with van der Waals surface area (Å²) in [6.45, 7) is 1.25. The van der Waals surface area contributed by atoms with E-state index in [0.717, 1.165) is 5.56 Å². The number of aliphatic hydroxyl groups is 1. The molecule has 8 heteroatoms. The molecule has 1 fully saturated rings. The number of likely N-dealkylation sites (N-methyl/N-ethyl adjacent to an activating group) is 1. The van der Waals surface area contributed by atoms with Crippen LogP contribution in [-0.4, -0.2) is 68.0 Å². The number of rotatable bonds is 10. The van der Waals surface area contributed by atoms with Crippen molar-refractivity contribution < 1.29 is 28.9 Å². The van der Waals surface area contributed by atoms with Crippen LogP contribution in [0, 0.1) is 0 Å². The number of ketones is 1. The molecule has 0 radical (unpaired) electrons. The summed E-state index contributed by atoms with van der Waals surface area (Å²) in [5.41, 5.74) is 1.91. The van der Waals surface area contributed by atoms with E-state index in [-0.39, 0.29) is 16.9 Å². The molecule has 0 bridgehead atoms. The van der Waals surface area contributed by atoms with E-state index in [1.54, 1.807) is 30.3 Å². The van der Waals surface area contributed by atoms with Crippen LogP contribution in [-0.2, 0) is 16.2 Å². The van der Waals surface area contributed by atoms with Gasteiger partial charge in [0.1, 0.15) is 35.2 Å². The number of benzene rings is 3. The van der Waals surface area contributed by atoms with Gasteiger partial charge in [0.25, 0.3) is 11.7 Å². The molecule has 4 rings (SSSR count). The first kappa shape index (κ1) is 26.8. The number of amides is 1. The molecule has 1 aliphatic heterocycles. The molecule has 0 spiro atoms. The summed E-state index contributed by atoms with van der Waals surface area (Å²) < 4.78 is 16.8. The zero-order valence-corrected chi connectivity index (χ0v) is 22.0. The Morgan fingerprint density at radius 1 is 0.895 bits per heavy atom. The first-order valence-electron chi connectivity index (χ1n) is 12.3. The number of aliphatic hydroxyl groups excluding tert-OH is 1. The molecule has 3 aromatic rings. The molecule has 1 unspecified atom stereocenters. The molecule has 1 atom stereocenters. The normalized spacial score (nSPS) is 16.7. The second-order valence-corrected chi connectivity index (χ2v) is 9.18. The molecule has 0 aromatic heterocycles. The predicted octanol–water partition coefficient (Wildman–Crippen LogP) is 4.27. The second kappa shape index (κ2) is 11.8. The first-order chi connectivity index (χ1) is 18.3. The van der Waals surface area contributed by atoms with Crippen molar-refractivity contribution in [1.82, 2.24) is 9.80 Å². The van der Waals surface area contributed by atoms with Crippen molar-refractivity contribution in [3.8, 4) is 17.2 Å². The van der Waals surface area contributed by atoms with Gasteiger partial charge in [-0.2, -0.15) is 0 Å². The smallest absolute Gasteiger partial charge is 0.295 e. The summed E-state index contributed by atoms with van der Waals surface area (Å²) in [5.74, 6) is -0.483. The van der Waals surface area contributed by atoms with Crippen molar-refractivity contribution in [2.75, 3.05) is 41.4 Å². The minimum absolute atomic E-state index is 0.0190. The minimum Gasteiger partial charge on any atom is -0.506 e. The van der Waals surface area contributed by atoms with Crippen LogP contribution in [0.2, 0.25) is 0 Å². The van der Waals surface area contributed by atoms with E-state index in [0.29, 0.717) is 42.5 Å². The number of nitrogens with zero attached hydrogens (tertiary/aromatic N) is 2. The van der Waals surface area contributed by atoms with Crippen molar-refractivity contribution in [1.29, 1.82) is 0 Å². The number of hydrogen-bond donors (Lipinski definition) is 1. The molecule has 0 saturated carbocycles. The Labute approximate surface area is 222 Å². The maximum Gasteiger partial charge on any atom is 0.295 e. The van der Waals surface area contributed by atoms with Gasteiger partial charge < -0.3 is 29.1 Å². The van der Waals surface area contributed by atoms with Crippen LogP contribution in [0.4, 0.5) is 0 Å². The third-order valence-corrected chi connectivity index (χ3v) is 6.44. The van der Waals surface area contributed by atoms with Crippen molar-refractivity contribution in [3.05, 3.63) is 95.1 Å². The van der Waals surface area contributed by atoms with Gasteiger partial charge in [-0.1, -0.05) is 48.5 Å². The van der Waals surface area contributed by atoms with Crippen molar-refractivity contribution in [2.45, 2.75) is 12.6 Å². The van der Waals surface area contributed by atoms with Crippen molar-refractivity contribution >= 4 is 17.4 Å². The average molecular weight is 517 g/mol. The van der Waals surface area contributed by atoms with Crippen LogP contribution in [0.15, 0.2) is 78.4 Å². The third kappa shape index (κ3) is 5.50. The zero-order chi connectivity index (χ0) is 27.2. The number of Topliss-reactive ketones (excluding diaryl/α,β-unsaturated/α-hetero) is 1. The molecule has 38 heavy (non-hydrogen) atoms. The maximum atomic E-state index is 13.4. The molecule has 1 N–H and O–H groups in total. The van der Waals surface area contributed by atoms with E-state index in [1.807, 2.05) is 61.5 Å². The topological polar surface area (TPSA) is 88.5 Å². The van der Waals surface area contributed by atoms with Gasteiger partial charge in [0, 0.05) is 13.1 Å². The van der Waals surface area contributed by atoms with Gasteiger partial charge in [0.15, 0.2) is 0 Å². The lowest BCUT2D eigenvalue weighted by atomic mass is 9.94. The molecular weight excluding hydrogens is 484 g/mol. The molecule has 1 aliphatic rings. The Hall–Kier alpha value is -4.30. The summed E-state index contributed by atoms with van der Waals surface area (Å²) >= 11 is 0. The second-order valence-electron chi connectivity index (χ2n) is 9.18. The Bertz CT molecular complexity index is 1300. The van der Waals surface area contributed by atoms with Crippen LogP contribution in [0.25, 0.3) is 5.76 Å². The molecule has 1 heterocycles. The molecule has 198 valence electrons. The van der Waals surface area contributed by atoms with Crippen LogP contribution >= 0.6 is 0 Å². The van der Waals surface area contributed by atoms with E-state index in [1.165, 1.54) is 19.1 Å². The standard InChI is InChI=1S/C30H32N2O6/c1-31(2)17-18-32-27(21-13-15-22(16-14-21)38-19-20-9-6-5-7-10-20)26(29(34)30(32)35)28(33)25-23(36-3)11-8-12-24(25)37-4/h5-16,27,33H,17-19H2,1-4H3/b28-26+. The van der Waals surface area contributed by atoms with E-state index < -0.39 is 17.7 Å². The summed E-state index contributed by atoms with van der Waals surface area (Å²) in [7, 11) is 6.72. The van der Waals surface area contributed by atoms with Crippen LogP contribution < -0.4 is 14.2 Å². The van der Waals surface area contributed by atoms with E-state index in [9.17, 15) is 14.7 Å². The summed E-state index contributed by atoms with van der Waals surface area (Å²) in [6, 6.07) is 21.3. The lowest BCUT2D eigenvalue weighted by molar-refractivity contribution is -0.140. The lowest BCUT2D eigenvalue weighted by Crippen LogP contribution is -2.35. The highest BCUT2D eigenvalue weighted by molar-refractivity contribution is 6.46. The number of methoxy groups -OCH3 is 2. The Kier molecular flexibility index (Phi) is 8.33. The van der Waals surface area contributed by atoms with Gasteiger partial charge in [-0.3, -0.25) is 9.59 Å². The largest absolute Gasteiger partial charge is 0.506 e. The molecule has 8 nitrogen and oxygen atoms in total. The SMILES string of the molecule is COc1cccc(OC)c1/C(O)=C1\C(=O)C(=O)N(CCN(C)C)C1c1ccc(OCc2ccccc2)cc1. The average Bonchev–Trinajstić information content (AvgIpc) is 3.19. The lowest BCUT2D eigenvalue weighted by Gasteiger charge is -2.27. The van der Waals surface area contributed by atoms with Crippen molar-refractivity contribution in [2.24, 2.45) is 0 Å². The minimum atomic E-state index is -0.798. The highest BCUT2D eigenvalue weighted by Crippen LogP contribution is 2.43. The predicted molar refractivity (Wildman–Crippen MR) is 144 cm³/mol. The van der Waals surface area contributed by atoms with Crippen molar-refractivity contribution in [3.63, 3.8) is 0 Å². The molecular formula is C30H32N2O6. The summed E-state index contributed by atoms with van der Waals surface area (Å²) in [4.78, 5) is 30.0. The highest BCUT2D eigenvalue weighted by atomic mass is 16.5. The van der Waals surface area contributed by atoms with E-state index >= 15 is 0 Å². The van der Waals surface area contributed by atoms with Gasteiger partial charge in [-0.05, 0) is 49.5 Å². The third-order valence-electron chi connectivity index (χ3n) is 6.44. The van der Waals surface area contributed by atoms with Crippen LogP contribution in [0.1, 0.15) is 22.7 Å². The summed E-state index contributed by atoms with van der Waals surface area (Å²) in [5, 5.41) is 11.5. The first-order valence-corrected chi connectivity index (χ1v) is 12.3. The van der Waals surface area contributed by atoms with Crippen LogP contribution in [0.5, 0.6) is 17.2 Å². The molecule has 0 aliphatic carbocycles. The number of hydrogen-bond acceptors (Lipinski definition) is 7. The zero-order valence-electron chi connectivity index (χ0n) is 22.0. The Morgan fingerprint density at radius 3 is 2.11 bits per heavy atom. The number of ether oxygens (including phenoxy) is 3. The fourth-order valence-electron chi connectivity index (χ4n) is 4.47. The number of carbonyl (C=O) groups excluding carboxylic acids is 2. The summed E-state index contributed by atoms with van der Waals surface area (Å²) in [6.07, 6.45) is 0. The quantitative estimate of drug-likeness (QED) is 0.245.